The number of amides is 1. The first-order chi connectivity index (χ1) is 12.6. The largest absolute Gasteiger partial charge is 0.494 e. The summed E-state index contributed by atoms with van der Waals surface area (Å²) in [6.07, 6.45) is 1.87. The summed E-state index contributed by atoms with van der Waals surface area (Å²) in [5.41, 5.74) is 1.27. The van der Waals surface area contributed by atoms with E-state index in [1.54, 1.807) is 18.2 Å². The standard InChI is InChI=1S/C20H24N2O3S/c1-3-12-24-17-10-8-16(9-11-17)21-20(26)22-19(23)15-6-5-7-18(14-15)25-13-4-2/h5-11,14H,3-4,12-13H2,1-2H3,(H2,21,22,23,26). The maximum atomic E-state index is 12.3. The Morgan fingerprint density at radius 2 is 1.62 bits per heavy atom. The highest BCUT2D eigenvalue weighted by Gasteiger charge is 2.09. The van der Waals surface area contributed by atoms with Crippen molar-refractivity contribution in [2.45, 2.75) is 26.7 Å². The average molecular weight is 372 g/mol. The number of carbonyl (C=O) groups is 1. The van der Waals surface area contributed by atoms with Crippen molar-refractivity contribution in [3.63, 3.8) is 0 Å². The Morgan fingerprint density at radius 3 is 2.27 bits per heavy atom. The topological polar surface area (TPSA) is 59.6 Å². The van der Waals surface area contributed by atoms with E-state index in [-0.39, 0.29) is 11.0 Å². The number of benzene rings is 2. The molecule has 0 spiro atoms. The van der Waals surface area contributed by atoms with Crippen molar-refractivity contribution in [2.24, 2.45) is 0 Å². The quantitative estimate of drug-likeness (QED) is 0.673. The van der Waals surface area contributed by atoms with Crippen LogP contribution in [-0.4, -0.2) is 24.2 Å². The molecule has 0 unspecified atom stereocenters. The number of thiocarbonyl (C=S) groups is 1. The first-order valence-electron chi connectivity index (χ1n) is 8.70. The highest BCUT2D eigenvalue weighted by molar-refractivity contribution is 7.80. The summed E-state index contributed by atoms with van der Waals surface area (Å²) in [6.45, 7) is 5.39. The molecule has 2 N–H and O–H groups in total. The van der Waals surface area contributed by atoms with E-state index < -0.39 is 0 Å². The number of carbonyl (C=O) groups excluding carboxylic acids is 1. The van der Waals surface area contributed by atoms with Gasteiger partial charge in [0.15, 0.2) is 5.11 Å². The fourth-order valence-corrected chi connectivity index (χ4v) is 2.35. The summed E-state index contributed by atoms with van der Waals surface area (Å²) < 4.78 is 11.1. The van der Waals surface area contributed by atoms with Crippen LogP contribution in [0.15, 0.2) is 48.5 Å². The van der Waals surface area contributed by atoms with Crippen LogP contribution in [-0.2, 0) is 0 Å². The van der Waals surface area contributed by atoms with Crippen molar-refractivity contribution in [3.8, 4) is 11.5 Å². The lowest BCUT2D eigenvalue weighted by molar-refractivity contribution is 0.0977. The number of anilines is 1. The number of hydrogen-bond donors (Lipinski definition) is 2. The maximum absolute atomic E-state index is 12.3. The lowest BCUT2D eigenvalue weighted by Crippen LogP contribution is -2.34. The van der Waals surface area contributed by atoms with Crippen LogP contribution in [0.1, 0.15) is 37.0 Å². The zero-order chi connectivity index (χ0) is 18.8. The van der Waals surface area contributed by atoms with Gasteiger partial charge in [-0.15, -0.1) is 0 Å². The molecule has 0 atom stereocenters. The van der Waals surface area contributed by atoms with Gasteiger partial charge in [0.1, 0.15) is 11.5 Å². The molecule has 0 aliphatic carbocycles. The first-order valence-corrected chi connectivity index (χ1v) is 9.11. The SMILES string of the molecule is CCCOc1ccc(NC(=S)NC(=O)c2cccc(OCCC)c2)cc1. The Kier molecular flexibility index (Phi) is 7.89. The molecule has 26 heavy (non-hydrogen) atoms. The van der Waals surface area contributed by atoms with E-state index >= 15 is 0 Å². The van der Waals surface area contributed by atoms with E-state index in [2.05, 4.69) is 17.6 Å². The molecule has 2 aromatic carbocycles. The number of rotatable bonds is 8. The van der Waals surface area contributed by atoms with Gasteiger partial charge in [0, 0.05) is 11.3 Å². The molecule has 0 aromatic heterocycles. The average Bonchev–Trinajstić information content (AvgIpc) is 2.66. The molecule has 0 aliphatic rings. The van der Waals surface area contributed by atoms with Crippen molar-refractivity contribution in [1.82, 2.24) is 5.32 Å². The molecule has 138 valence electrons. The highest BCUT2D eigenvalue weighted by atomic mass is 32.1. The third kappa shape index (κ3) is 6.37. The van der Waals surface area contributed by atoms with Crippen LogP contribution in [0, 0.1) is 0 Å². The summed E-state index contributed by atoms with van der Waals surface area (Å²) in [7, 11) is 0. The monoisotopic (exact) mass is 372 g/mol. The van der Waals surface area contributed by atoms with Gasteiger partial charge in [0.05, 0.1) is 13.2 Å². The van der Waals surface area contributed by atoms with E-state index in [1.165, 1.54) is 0 Å². The van der Waals surface area contributed by atoms with E-state index in [0.29, 0.717) is 24.5 Å². The number of ether oxygens (including phenoxy) is 2. The van der Waals surface area contributed by atoms with Crippen LogP contribution >= 0.6 is 12.2 Å². The van der Waals surface area contributed by atoms with Crippen molar-refractivity contribution >= 4 is 28.9 Å². The van der Waals surface area contributed by atoms with Crippen LogP contribution in [0.25, 0.3) is 0 Å². The normalized spacial score (nSPS) is 10.1. The Labute approximate surface area is 159 Å². The number of nitrogens with one attached hydrogen (secondary N) is 2. The molecule has 1 amide bonds. The second kappa shape index (κ2) is 10.4. The smallest absolute Gasteiger partial charge is 0.257 e. The summed E-state index contributed by atoms with van der Waals surface area (Å²) in [4.78, 5) is 12.3. The Bertz CT molecular complexity index is 732. The molecule has 0 saturated carbocycles. The second-order valence-corrected chi connectivity index (χ2v) is 6.07. The molecule has 2 aromatic rings. The van der Waals surface area contributed by atoms with Crippen molar-refractivity contribution in [3.05, 3.63) is 54.1 Å². The summed E-state index contributed by atoms with van der Waals surface area (Å²) in [5.74, 6) is 1.18. The van der Waals surface area contributed by atoms with Crippen LogP contribution in [0.5, 0.6) is 11.5 Å². The highest BCUT2D eigenvalue weighted by Crippen LogP contribution is 2.16. The van der Waals surface area contributed by atoms with Crippen LogP contribution < -0.4 is 20.1 Å². The third-order valence-corrected chi connectivity index (χ3v) is 3.59. The van der Waals surface area contributed by atoms with Gasteiger partial charge < -0.3 is 14.8 Å². The van der Waals surface area contributed by atoms with Gasteiger partial charge in [-0.3, -0.25) is 10.1 Å². The zero-order valence-corrected chi connectivity index (χ0v) is 15.9. The molecule has 0 saturated heterocycles. The minimum atomic E-state index is -0.285. The lowest BCUT2D eigenvalue weighted by Gasteiger charge is -2.11. The Hall–Kier alpha value is -2.60. The van der Waals surface area contributed by atoms with Crippen molar-refractivity contribution in [2.75, 3.05) is 18.5 Å². The predicted octanol–water partition coefficient (Wildman–Crippen LogP) is 4.39. The molecule has 0 aliphatic heterocycles. The molecule has 5 nitrogen and oxygen atoms in total. The molecule has 0 fully saturated rings. The van der Waals surface area contributed by atoms with Gasteiger partial charge in [0.2, 0.25) is 0 Å². The second-order valence-electron chi connectivity index (χ2n) is 5.66. The minimum Gasteiger partial charge on any atom is -0.494 e. The molecular formula is C20H24N2O3S. The third-order valence-electron chi connectivity index (χ3n) is 3.38. The van der Waals surface area contributed by atoms with E-state index in [0.717, 1.165) is 24.3 Å². The summed E-state index contributed by atoms with van der Waals surface area (Å²) in [5, 5.41) is 5.89. The molecule has 0 bridgehead atoms. The fourth-order valence-electron chi connectivity index (χ4n) is 2.14. The lowest BCUT2D eigenvalue weighted by atomic mass is 10.2. The molecule has 0 radical (unpaired) electrons. The minimum absolute atomic E-state index is 0.233. The van der Waals surface area contributed by atoms with Gasteiger partial charge in [-0.2, -0.15) is 0 Å². The van der Waals surface area contributed by atoms with Crippen molar-refractivity contribution < 1.29 is 14.3 Å². The maximum Gasteiger partial charge on any atom is 0.257 e. The van der Waals surface area contributed by atoms with Crippen LogP contribution in [0.4, 0.5) is 5.69 Å². The predicted molar refractivity (Wildman–Crippen MR) is 108 cm³/mol. The summed E-state index contributed by atoms with van der Waals surface area (Å²) >= 11 is 5.21. The Morgan fingerprint density at radius 1 is 0.962 bits per heavy atom. The van der Waals surface area contributed by atoms with Gasteiger partial charge in [-0.05, 0) is 67.5 Å². The van der Waals surface area contributed by atoms with E-state index in [1.807, 2.05) is 37.3 Å². The van der Waals surface area contributed by atoms with Crippen LogP contribution in [0.2, 0.25) is 0 Å². The molecular weight excluding hydrogens is 348 g/mol. The van der Waals surface area contributed by atoms with Crippen LogP contribution in [0.3, 0.4) is 0 Å². The van der Waals surface area contributed by atoms with E-state index in [9.17, 15) is 4.79 Å². The van der Waals surface area contributed by atoms with Crippen molar-refractivity contribution in [1.29, 1.82) is 0 Å². The fraction of sp³-hybridized carbons (Fsp3) is 0.300. The van der Waals surface area contributed by atoms with Gasteiger partial charge in [-0.1, -0.05) is 19.9 Å². The zero-order valence-electron chi connectivity index (χ0n) is 15.1. The summed E-state index contributed by atoms with van der Waals surface area (Å²) in [6, 6.07) is 14.4. The first kappa shape index (κ1) is 19.7. The Balaban J connectivity index is 1.89. The molecule has 2 rings (SSSR count). The molecule has 6 heteroatoms. The number of hydrogen-bond acceptors (Lipinski definition) is 4. The molecule has 0 heterocycles. The van der Waals surface area contributed by atoms with Gasteiger partial charge in [-0.25, -0.2) is 0 Å². The van der Waals surface area contributed by atoms with E-state index in [4.69, 9.17) is 21.7 Å². The van der Waals surface area contributed by atoms with Gasteiger partial charge >= 0.3 is 0 Å². The van der Waals surface area contributed by atoms with Gasteiger partial charge in [0.25, 0.3) is 5.91 Å².